The van der Waals surface area contributed by atoms with Gasteiger partial charge in [-0.3, -0.25) is 9.59 Å². The zero-order valence-corrected chi connectivity index (χ0v) is 14.0. The molecule has 0 fully saturated rings. The molecule has 2 aromatic heterocycles. The molecule has 0 radical (unpaired) electrons. The molecule has 4 aromatic rings. The largest absolute Gasteiger partial charge is 0.425 e. The van der Waals surface area contributed by atoms with Crippen LogP contribution in [0.15, 0.2) is 62.2 Å². The summed E-state index contributed by atoms with van der Waals surface area (Å²) in [5, 5.41) is 3.95. The molecule has 2 heterocycles. The highest BCUT2D eigenvalue weighted by atomic mass is 35.5. The molecule has 5 nitrogen and oxygen atoms in total. The Morgan fingerprint density at radius 3 is 2.52 bits per heavy atom. The molecule has 0 atom stereocenters. The molecule has 7 heteroatoms. The number of hydrogen-bond donors (Lipinski definition) is 1. The van der Waals surface area contributed by atoms with Crippen molar-refractivity contribution in [3.63, 3.8) is 0 Å². The predicted molar refractivity (Wildman–Crippen MR) is 96.7 cm³/mol. The number of benzene rings is 2. The zero-order valence-electron chi connectivity index (χ0n) is 12.5. The third-order valence-corrected chi connectivity index (χ3v) is 4.42. The van der Waals surface area contributed by atoms with E-state index in [1.54, 1.807) is 36.4 Å². The van der Waals surface area contributed by atoms with E-state index in [0.717, 1.165) is 0 Å². The van der Waals surface area contributed by atoms with Crippen molar-refractivity contribution in [1.29, 1.82) is 0 Å². The van der Waals surface area contributed by atoms with Crippen molar-refractivity contribution in [2.45, 2.75) is 0 Å². The van der Waals surface area contributed by atoms with Crippen LogP contribution in [0.3, 0.4) is 0 Å². The first-order valence-corrected chi connectivity index (χ1v) is 8.00. The number of amides is 1. The summed E-state index contributed by atoms with van der Waals surface area (Å²) in [5.74, 6) is -0.575. The first-order chi connectivity index (χ1) is 12.0. The van der Waals surface area contributed by atoms with E-state index in [4.69, 9.17) is 32.0 Å². The van der Waals surface area contributed by atoms with Crippen LogP contribution >= 0.6 is 23.2 Å². The Morgan fingerprint density at radius 1 is 0.920 bits per heavy atom. The highest BCUT2D eigenvalue weighted by Gasteiger charge is 2.18. The molecule has 0 spiro atoms. The SMILES string of the molecule is O=C(Nc1ccc(Cl)c(Cl)c1)c1cc2c(=O)c3ccccc3oc2o1. The van der Waals surface area contributed by atoms with Crippen LogP contribution in [0.5, 0.6) is 0 Å². The lowest BCUT2D eigenvalue weighted by Crippen LogP contribution is -2.10. The summed E-state index contributed by atoms with van der Waals surface area (Å²) in [7, 11) is 0. The van der Waals surface area contributed by atoms with Crippen LogP contribution in [-0.4, -0.2) is 5.91 Å². The molecular formula is C18H9Cl2NO4. The average molecular weight is 374 g/mol. The molecule has 25 heavy (non-hydrogen) atoms. The summed E-state index contributed by atoms with van der Waals surface area (Å²) in [6.45, 7) is 0. The van der Waals surface area contributed by atoms with E-state index in [0.29, 0.717) is 26.7 Å². The normalized spacial score (nSPS) is 11.1. The van der Waals surface area contributed by atoms with Gasteiger partial charge in [0.2, 0.25) is 5.43 Å². The Hall–Kier alpha value is -2.76. The topological polar surface area (TPSA) is 72.5 Å². The number of furan rings is 1. The van der Waals surface area contributed by atoms with Crippen LogP contribution in [0.2, 0.25) is 10.0 Å². The van der Waals surface area contributed by atoms with Gasteiger partial charge in [0.1, 0.15) is 11.0 Å². The number of rotatable bonds is 2. The molecule has 0 bridgehead atoms. The lowest BCUT2D eigenvalue weighted by molar-refractivity contribution is 0.0997. The molecule has 1 amide bonds. The molecule has 124 valence electrons. The fourth-order valence-electron chi connectivity index (χ4n) is 2.48. The Labute approximate surface area is 150 Å². The number of fused-ring (bicyclic) bond motifs is 2. The highest BCUT2D eigenvalue weighted by molar-refractivity contribution is 6.42. The predicted octanol–water partition coefficient (Wildman–Crippen LogP) is 5.10. The maximum atomic E-state index is 12.5. The van der Waals surface area contributed by atoms with Gasteiger partial charge >= 0.3 is 5.78 Å². The monoisotopic (exact) mass is 373 g/mol. The summed E-state index contributed by atoms with van der Waals surface area (Å²) in [5.41, 5.74) is 0.587. The number of para-hydroxylation sites is 1. The van der Waals surface area contributed by atoms with E-state index < -0.39 is 5.91 Å². The van der Waals surface area contributed by atoms with E-state index in [2.05, 4.69) is 5.32 Å². The first-order valence-electron chi connectivity index (χ1n) is 7.25. The fraction of sp³-hybridized carbons (Fsp3) is 0. The molecule has 0 unspecified atom stereocenters. The molecule has 0 aliphatic heterocycles. The summed E-state index contributed by atoms with van der Waals surface area (Å²) in [4.78, 5) is 24.8. The van der Waals surface area contributed by atoms with Crippen LogP contribution in [0.1, 0.15) is 10.6 Å². The minimum atomic E-state index is -0.534. The van der Waals surface area contributed by atoms with Gasteiger partial charge in [-0.15, -0.1) is 0 Å². The maximum absolute atomic E-state index is 12.5. The third-order valence-electron chi connectivity index (χ3n) is 3.68. The van der Waals surface area contributed by atoms with Gasteiger partial charge in [-0.05, 0) is 30.3 Å². The Morgan fingerprint density at radius 2 is 1.72 bits per heavy atom. The molecular weight excluding hydrogens is 365 g/mol. The van der Waals surface area contributed by atoms with Crippen molar-refractivity contribution in [3.8, 4) is 0 Å². The van der Waals surface area contributed by atoms with E-state index in [1.807, 2.05) is 0 Å². The van der Waals surface area contributed by atoms with Crippen LogP contribution in [0, 0.1) is 0 Å². The van der Waals surface area contributed by atoms with Crippen molar-refractivity contribution >= 4 is 56.9 Å². The van der Waals surface area contributed by atoms with Gasteiger partial charge in [0, 0.05) is 11.8 Å². The molecule has 0 saturated carbocycles. The molecule has 0 saturated heterocycles. The van der Waals surface area contributed by atoms with Crippen LogP contribution in [-0.2, 0) is 0 Å². The zero-order chi connectivity index (χ0) is 17.6. The Kier molecular flexibility index (Phi) is 3.75. The van der Waals surface area contributed by atoms with Gasteiger partial charge in [0.05, 0.1) is 15.4 Å². The number of halogens is 2. The maximum Gasteiger partial charge on any atom is 0.302 e. The molecule has 1 N–H and O–H groups in total. The summed E-state index contributed by atoms with van der Waals surface area (Å²) in [6.07, 6.45) is 0. The Bertz CT molecular complexity index is 1190. The number of anilines is 1. The van der Waals surface area contributed by atoms with Crippen LogP contribution < -0.4 is 10.7 Å². The van der Waals surface area contributed by atoms with Gasteiger partial charge in [-0.1, -0.05) is 35.3 Å². The van der Waals surface area contributed by atoms with Gasteiger partial charge in [-0.25, -0.2) is 0 Å². The second kappa shape index (κ2) is 5.95. The standard InChI is InChI=1S/C18H9Cl2NO4/c19-12-6-5-9(7-13(12)20)21-17(23)15-8-11-16(22)10-3-1-2-4-14(10)24-18(11)25-15/h1-8H,(H,21,23). The lowest BCUT2D eigenvalue weighted by atomic mass is 10.2. The quantitative estimate of drug-likeness (QED) is 0.530. The fourth-order valence-corrected chi connectivity index (χ4v) is 2.77. The molecule has 4 rings (SSSR count). The van der Waals surface area contributed by atoms with E-state index in [-0.39, 0.29) is 22.4 Å². The minimum absolute atomic E-state index is 0.00277. The van der Waals surface area contributed by atoms with Crippen molar-refractivity contribution in [2.24, 2.45) is 0 Å². The van der Waals surface area contributed by atoms with Crippen molar-refractivity contribution in [3.05, 3.63) is 74.6 Å². The van der Waals surface area contributed by atoms with E-state index in [9.17, 15) is 9.59 Å². The third kappa shape index (κ3) is 2.77. The molecule has 0 aliphatic rings. The van der Waals surface area contributed by atoms with Gasteiger partial charge < -0.3 is 14.2 Å². The van der Waals surface area contributed by atoms with Crippen molar-refractivity contribution in [2.75, 3.05) is 5.32 Å². The highest BCUT2D eigenvalue weighted by Crippen LogP contribution is 2.26. The minimum Gasteiger partial charge on any atom is -0.425 e. The van der Waals surface area contributed by atoms with E-state index >= 15 is 0 Å². The number of carbonyl (C=O) groups is 1. The molecule has 0 aliphatic carbocycles. The average Bonchev–Trinajstić information content (AvgIpc) is 3.03. The van der Waals surface area contributed by atoms with Crippen molar-refractivity contribution in [1.82, 2.24) is 0 Å². The van der Waals surface area contributed by atoms with Gasteiger partial charge in [0.25, 0.3) is 5.91 Å². The van der Waals surface area contributed by atoms with Gasteiger partial charge in [0.15, 0.2) is 5.76 Å². The van der Waals surface area contributed by atoms with Crippen LogP contribution in [0.25, 0.3) is 22.1 Å². The smallest absolute Gasteiger partial charge is 0.302 e. The summed E-state index contributed by atoms with van der Waals surface area (Å²) >= 11 is 11.8. The second-order valence-electron chi connectivity index (χ2n) is 5.32. The van der Waals surface area contributed by atoms with Crippen molar-refractivity contribution < 1.29 is 13.6 Å². The van der Waals surface area contributed by atoms with Crippen LogP contribution in [0.4, 0.5) is 5.69 Å². The number of carbonyl (C=O) groups excluding carboxylic acids is 1. The summed E-state index contributed by atoms with van der Waals surface area (Å²) < 4.78 is 11.0. The second-order valence-corrected chi connectivity index (χ2v) is 6.14. The summed E-state index contributed by atoms with van der Waals surface area (Å²) in [6, 6.07) is 12.9. The lowest BCUT2D eigenvalue weighted by Gasteiger charge is -2.04. The Balaban J connectivity index is 1.74. The molecule has 2 aromatic carbocycles. The number of hydrogen-bond acceptors (Lipinski definition) is 4. The first kappa shape index (κ1) is 15.7. The number of nitrogens with one attached hydrogen (secondary N) is 1. The van der Waals surface area contributed by atoms with Gasteiger partial charge in [-0.2, -0.15) is 0 Å². The van der Waals surface area contributed by atoms with E-state index in [1.165, 1.54) is 12.1 Å².